The first-order chi connectivity index (χ1) is 22.9. The highest BCUT2D eigenvalue weighted by atomic mass is 32.2. The second-order valence-electron chi connectivity index (χ2n) is 11.1. The second-order valence-corrected chi connectivity index (χ2v) is 12.3. The lowest BCUT2D eigenvalue weighted by Crippen LogP contribution is -2.44. The molecule has 1 aromatic heterocycles. The molecule has 16 heteroatoms. The number of halogens is 5. The molecule has 48 heavy (non-hydrogen) atoms. The number of para-hydroxylation sites is 1. The number of hydrogen-bond donors (Lipinski definition) is 4. The van der Waals surface area contributed by atoms with E-state index in [1.807, 2.05) is 47.4 Å². The predicted octanol–water partition coefficient (Wildman–Crippen LogP) is 5.70. The topological polar surface area (TPSA) is 117 Å². The van der Waals surface area contributed by atoms with E-state index in [9.17, 15) is 31.9 Å². The van der Waals surface area contributed by atoms with Gasteiger partial charge >= 0.3 is 12.3 Å². The molecule has 1 aliphatic rings. The van der Waals surface area contributed by atoms with Gasteiger partial charge in [-0.15, -0.1) is 16.9 Å². The van der Waals surface area contributed by atoms with Crippen molar-refractivity contribution in [3.63, 3.8) is 0 Å². The molecule has 4 aromatic rings. The van der Waals surface area contributed by atoms with E-state index in [0.29, 0.717) is 35.9 Å². The van der Waals surface area contributed by atoms with Gasteiger partial charge in [0.15, 0.2) is 5.82 Å². The lowest BCUT2D eigenvalue weighted by atomic mass is 10.0. The highest BCUT2D eigenvalue weighted by molar-refractivity contribution is 8.01. The molecule has 0 aliphatic carbocycles. The number of thioether (sulfide) groups is 1. The van der Waals surface area contributed by atoms with E-state index in [2.05, 4.69) is 50.9 Å². The number of rotatable bonds is 14. The Hall–Kier alpha value is -4.25. The van der Waals surface area contributed by atoms with Crippen LogP contribution in [0.25, 0.3) is 17.1 Å². The van der Waals surface area contributed by atoms with Crippen LogP contribution >= 0.6 is 11.8 Å². The normalized spacial score (nSPS) is 15.4. The summed E-state index contributed by atoms with van der Waals surface area (Å²) in [6.07, 6.45) is -11.2. The Morgan fingerprint density at radius 1 is 1.00 bits per heavy atom. The lowest BCUT2D eigenvalue weighted by Gasteiger charge is -2.27. The number of benzene rings is 3. The van der Waals surface area contributed by atoms with Gasteiger partial charge in [0.05, 0.1) is 23.4 Å². The van der Waals surface area contributed by atoms with Gasteiger partial charge in [-0.2, -0.15) is 31.6 Å². The monoisotopic (exact) mass is 691 g/mol. The summed E-state index contributed by atoms with van der Waals surface area (Å²) in [6.45, 7) is 5.15. The number of amides is 1. The first-order valence-corrected chi connectivity index (χ1v) is 16.1. The smallest absolute Gasteiger partial charge is 0.426 e. The number of aromatic nitrogens is 3. The summed E-state index contributed by atoms with van der Waals surface area (Å²) in [5.41, 5.74) is 10.4. The van der Waals surface area contributed by atoms with E-state index >= 15 is 0 Å². The number of aliphatic hydroxyl groups is 1. The Balaban J connectivity index is 1.21. The van der Waals surface area contributed by atoms with Crippen LogP contribution in [0, 0.1) is 0 Å². The van der Waals surface area contributed by atoms with E-state index in [1.54, 1.807) is 11.8 Å². The quantitative estimate of drug-likeness (QED) is 0.0752. The number of alkyl halides is 5. The highest BCUT2D eigenvalue weighted by Gasteiger charge is 2.61. The number of hydrazine groups is 1. The van der Waals surface area contributed by atoms with Gasteiger partial charge in [-0.25, -0.2) is 0 Å². The molecule has 1 atom stereocenters. The van der Waals surface area contributed by atoms with Crippen LogP contribution in [0.3, 0.4) is 0 Å². The third-order valence-corrected chi connectivity index (χ3v) is 8.52. The van der Waals surface area contributed by atoms with E-state index in [4.69, 9.17) is 0 Å². The number of ether oxygens (including phenoxy) is 1. The van der Waals surface area contributed by atoms with Gasteiger partial charge in [-0.05, 0) is 47.4 Å². The number of carbonyl (C=O) groups excluding carboxylic acids is 1. The van der Waals surface area contributed by atoms with Gasteiger partial charge in [-0.1, -0.05) is 56.3 Å². The summed E-state index contributed by atoms with van der Waals surface area (Å²) in [5, 5.41) is 16.6. The average molecular weight is 692 g/mol. The largest absolute Gasteiger partial charge is 0.499 e. The third kappa shape index (κ3) is 8.06. The van der Waals surface area contributed by atoms with Gasteiger partial charge in [0.1, 0.15) is 5.75 Å². The van der Waals surface area contributed by atoms with Crippen molar-refractivity contribution in [1.82, 2.24) is 25.6 Å². The van der Waals surface area contributed by atoms with Crippen LogP contribution in [-0.2, 0) is 11.3 Å². The lowest BCUT2D eigenvalue weighted by molar-refractivity contribution is -0.360. The third-order valence-electron chi connectivity index (χ3n) is 7.34. The number of hydrogen-bond acceptors (Lipinski definition) is 9. The molecule has 2 heterocycles. The molecular formula is C32H34F5N7O3S. The molecular weight excluding hydrogens is 657 g/mol. The zero-order valence-corrected chi connectivity index (χ0v) is 26.8. The Labute approximate surface area is 277 Å². The van der Waals surface area contributed by atoms with Crippen LogP contribution in [-0.4, -0.2) is 68.9 Å². The highest BCUT2D eigenvalue weighted by Crippen LogP contribution is 2.38. The fourth-order valence-electron chi connectivity index (χ4n) is 4.96. The summed E-state index contributed by atoms with van der Waals surface area (Å²) in [5.74, 6) is 0.619. The molecule has 1 amide bonds. The minimum Gasteiger partial charge on any atom is -0.426 e. The van der Waals surface area contributed by atoms with Crippen molar-refractivity contribution in [2.24, 2.45) is 0 Å². The van der Waals surface area contributed by atoms with Gasteiger partial charge in [0.25, 0.3) is 0 Å². The van der Waals surface area contributed by atoms with Crippen molar-refractivity contribution in [2.45, 2.75) is 44.0 Å². The summed E-state index contributed by atoms with van der Waals surface area (Å²) in [7, 11) is 0. The van der Waals surface area contributed by atoms with Crippen molar-refractivity contribution in [2.75, 3.05) is 35.7 Å². The van der Waals surface area contributed by atoms with Crippen molar-refractivity contribution in [3.05, 3.63) is 83.9 Å². The summed E-state index contributed by atoms with van der Waals surface area (Å²) in [4.78, 5) is 19.1. The molecule has 0 radical (unpaired) electrons. The molecule has 1 unspecified atom stereocenters. The van der Waals surface area contributed by atoms with Crippen molar-refractivity contribution in [1.29, 1.82) is 0 Å². The number of aliphatic hydroxyl groups excluding tert-OH is 1. The molecule has 5 rings (SSSR count). The van der Waals surface area contributed by atoms with Crippen LogP contribution in [0.15, 0.2) is 72.8 Å². The van der Waals surface area contributed by atoms with Crippen molar-refractivity contribution < 1.29 is 36.6 Å². The number of carbonyl (C=O) groups is 1. The van der Waals surface area contributed by atoms with Gasteiger partial charge < -0.3 is 15.2 Å². The molecule has 0 bridgehead atoms. The maximum Gasteiger partial charge on any atom is 0.499 e. The maximum absolute atomic E-state index is 13.3. The molecule has 0 saturated carbocycles. The Kier molecular flexibility index (Phi) is 10.9. The second kappa shape index (κ2) is 14.9. The first kappa shape index (κ1) is 35.1. The van der Waals surface area contributed by atoms with E-state index < -0.39 is 18.0 Å². The Morgan fingerprint density at radius 3 is 2.38 bits per heavy atom. The molecule has 256 valence electrons. The molecule has 3 aromatic carbocycles. The number of anilines is 2. The van der Waals surface area contributed by atoms with Crippen LogP contribution < -0.4 is 25.8 Å². The maximum atomic E-state index is 13.3. The zero-order chi connectivity index (χ0) is 34.5. The fraction of sp³-hybridized carbons (Fsp3) is 0.344. The Bertz CT molecular complexity index is 1680. The summed E-state index contributed by atoms with van der Waals surface area (Å²) >= 11 is 1.59. The predicted molar refractivity (Wildman–Crippen MR) is 173 cm³/mol. The molecule has 1 fully saturated rings. The summed E-state index contributed by atoms with van der Waals surface area (Å²) < 4.78 is 69.4. The summed E-state index contributed by atoms with van der Waals surface area (Å²) in [6, 6.07) is 19.8. The van der Waals surface area contributed by atoms with Crippen molar-refractivity contribution in [3.8, 4) is 22.8 Å². The number of nitrogens with one attached hydrogen (secondary N) is 3. The first-order valence-electron chi connectivity index (χ1n) is 15.0. The zero-order valence-electron chi connectivity index (χ0n) is 26.0. The fourth-order valence-corrected chi connectivity index (χ4v) is 6.02. The minimum absolute atomic E-state index is 0.0633. The molecule has 10 nitrogen and oxygen atoms in total. The minimum atomic E-state index is -5.87. The molecule has 1 saturated heterocycles. The molecule has 1 aliphatic heterocycles. The van der Waals surface area contributed by atoms with E-state index in [1.165, 1.54) is 16.8 Å². The standard InChI is InChI=1S/C32H34F5N7O3S/c1-20(2)25-5-3-4-6-26(25)43-27(46)19-48-28(43)18-40-39-17-21-7-9-22(10-8-21)29-41-30(38-15-16-45)44(42-29)23-11-13-24(14-12-23)47-32(36,37)31(33,34)35/h3-14,20,28,39-40,45H,15-19H2,1-2H3,(H,38,41,42). The van der Waals surface area contributed by atoms with Crippen molar-refractivity contribution >= 4 is 29.3 Å². The van der Waals surface area contributed by atoms with Crippen LogP contribution in [0.2, 0.25) is 0 Å². The van der Waals surface area contributed by atoms with Crippen LogP contribution in [0.4, 0.5) is 33.6 Å². The number of nitrogens with zero attached hydrogens (tertiary/aromatic N) is 4. The van der Waals surface area contributed by atoms with Gasteiger partial charge in [0.2, 0.25) is 11.9 Å². The van der Waals surface area contributed by atoms with E-state index in [0.717, 1.165) is 28.9 Å². The average Bonchev–Trinajstić information content (AvgIpc) is 3.65. The van der Waals surface area contributed by atoms with Gasteiger partial charge in [-0.3, -0.25) is 20.5 Å². The molecule has 0 spiro atoms. The van der Waals surface area contributed by atoms with E-state index in [-0.39, 0.29) is 36.3 Å². The molecule has 4 N–H and O–H groups in total. The van der Waals surface area contributed by atoms with Crippen LogP contribution in [0.1, 0.15) is 30.9 Å². The van der Waals surface area contributed by atoms with Gasteiger partial charge in [0, 0.05) is 30.9 Å². The van der Waals surface area contributed by atoms with Crippen LogP contribution in [0.5, 0.6) is 5.75 Å². The SMILES string of the molecule is CC(C)c1ccccc1N1C(=O)CSC1CNNCc1ccc(-c2nc(NCCO)n(-c3ccc(OC(F)(F)C(F)(F)F)cc3)n2)cc1. The Morgan fingerprint density at radius 2 is 1.71 bits per heavy atom.